The van der Waals surface area contributed by atoms with Gasteiger partial charge in [-0.3, -0.25) is 4.79 Å². The summed E-state index contributed by atoms with van der Waals surface area (Å²) in [5.41, 5.74) is 0.759. The van der Waals surface area contributed by atoms with E-state index in [4.69, 9.17) is 0 Å². The first-order valence-electron chi connectivity index (χ1n) is 8.88. The number of nitrogens with one attached hydrogen (secondary N) is 2. The van der Waals surface area contributed by atoms with Crippen LogP contribution in [0.2, 0.25) is 0 Å². The Balaban J connectivity index is 1.88. The minimum absolute atomic E-state index is 0.206. The summed E-state index contributed by atoms with van der Waals surface area (Å²) in [6.07, 6.45) is 1.43. The first kappa shape index (κ1) is 19.5. The van der Waals surface area contributed by atoms with Crippen molar-refractivity contribution in [1.82, 2.24) is 15.2 Å². The second kappa shape index (κ2) is 7.80. The van der Waals surface area contributed by atoms with Crippen molar-refractivity contribution < 1.29 is 13.6 Å². The third kappa shape index (κ3) is 3.60. The zero-order valence-corrected chi connectivity index (χ0v) is 15.8. The number of urea groups is 1. The lowest BCUT2D eigenvalue weighted by Crippen LogP contribution is -2.40. The number of aromatic amines is 1. The molecule has 0 aliphatic heterocycles. The summed E-state index contributed by atoms with van der Waals surface area (Å²) in [7, 11) is 1.61. The number of H-pyrrole nitrogens is 1. The molecule has 0 saturated carbocycles. The van der Waals surface area contributed by atoms with E-state index in [2.05, 4.69) is 10.3 Å². The Morgan fingerprint density at radius 2 is 1.79 bits per heavy atom. The number of aromatic nitrogens is 1. The van der Waals surface area contributed by atoms with E-state index in [1.54, 1.807) is 14.0 Å². The van der Waals surface area contributed by atoms with Gasteiger partial charge in [0.1, 0.15) is 0 Å². The molecule has 3 rings (SSSR count). The maximum atomic E-state index is 14.1. The van der Waals surface area contributed by atoms with E-state index in [1.807, 2.05) is 37.3 Å². The van der Waals surface area contributed by atoms with Gasteiger partial charge in [0, 0.05) is 13.2 Å². The third-order valence-electron chi connectivity index (χ3n) is 4.98. The fourth-order valence-corrected chi connectivity index (χ4v) is 3.15. The lowest BCUT2D eigenvalue weighted by molar-refractivity contribution is 0.191. The molecule has 0 spiro atoms. The molecule has 0 unspecified atom stereocenters. The maximum Gasteiger partial charge on any atom is 0.318 e. The molecule has 1 heterocycles. The molecular weight excluding hydrogens is 364 g/mol. The molecule has 0 aliphatic rings. The predicted molar refractivity (Wildman–Crippen MR) is 104 cm³/mol. The van der Waals surface area contributed by atoms with Crippen LogP contribution in [0, 0.1) is 11.6 Å². The molecule has 28 heavy (non-hydrogen) atoms. The lowest BCUT2D eigenvalue weighted by Gasteiger charge is -2.28. The zero-order valence-electron chi connectivity index (χ0n) is 15.8. The Labute approximate surface area is 161 Å². The molecule has 0 fully saturated rings. The summed E-state index contributed by atoms with van der Waals surface area (Å²) in [4.78, 5) is 28.5. The van der Waals surface area contributed by atoms with Gasteiger partial charge < -0.3 is 15.2 Å². The Bertz CT molecular complexity index is 1070. The van der Waals surface area contributed by atoms with Gasteiger partial charge in [-0.05, 0) is 36.4 Å². The van der Waals surface area contributed by atoms with Crippen molar-refractivity contribution in [2.75, 3.05) is 7.05 Å². The summed E-state index contributed by atoms with van der Waals surface area (Å²) in [5, 5.41) is 2.83. The molecular formula is C21H21F2N3O2. The average molecular weight is 385 g/mol. The Morgan fingerprint density at radius 1 is 1.11 bits per heavy atom. The molecule has 3 aromatic rings. The fraction of sp³-hybridized carbons (Fsp3) is 0.238. The van der Waals surface area contributed by atoms with Gasteiger partial charge in [-0.1, -0.05) is 36.4 Å². The zero-order chi connectivity index (χ0) is 20.4. The van der Waals surface area contributed by atoms with Crippen LogP contribution < -0.4 is 10.9 Å². The number of amides is 2. The van der Waals surface area contributed by atoms with Crippen molar-refractivity contribution in [2.45, 2.75) is 25.9 Å². The minimum Gasteiger partial charge on any atom is -0.331 e. The van der Waals surface area contributed by atoms with Crippen LogP contribution in [0.5, 0.6) is 0 Å². The summed E-state index contributed by atoms with van der Waals surface area (Å²) in [5.74, 6) is -2.29. The van der Waals surface area contributed by atoms with Crippen LogP contribution in [0.3, 0.4) is 0 Å². The van der Waals surface area contributed by atoms with E-state index in [0.29, 0.717) is 5.56 Å². The van der Waals surface area contributed by atoms with E-state index < -0.39 is 23.2 Å². The van der Waals surface area contributed by atoms with E-state index in [1.165, 1.54) is 17.2 Å². The second-order valence-corrected chi connectivity index (χ2v) is 6.73. The van der Waals surface area contributed by atoms with Crippen LogP contribution in [-0.2, 0) is 0 Å². The van der Waals surface area contributed by atoms with Gasteiger partial charge in [0.05, 0.1) is 17.5 Å². The highest BCUT2D eigenvalue weighted by Crippen LogP contribution is 2.27. The SMILES string of the molecule is C[C@H](NC(=O)N(C)[C@@H](C)c1c[nH]c(=O)c2c(F)c(F)ccc12)c1ccccc1. The molecule has 0 bridgehead atoms. The van der Waals surface area contributed by atoms with E-state index in [-0.39, 0.29) is 22.8 Å². The van der Waals surface area contributed by atoms with Crippen molar-refractivity contribution in [3.05, 3.63) is 81.8 Å². The number of rotatable bonds is 4. The molecule has 2 amide bonds. The molecule has 2 aromatic carbocycles. The maximum absolute atomic E-state index is 14.1. The van der Waals surface area contributed by atoms with Gasteiger partial charge in [-0.2, -0.15) is 0 Å². The molecule has 5 nitrogen and oxygen atoms in total. The van der Waals surface area contributed by atoms with Crippen LogP contribution in [0.15, 0.2) is 53.5 Å². The molecule has 0 saturated heterocycles. The van der Waals surface area contributed by atoms with Gasteiger partial charge in [0.25, 0.3) is 5.56 Å². The normalized spacial score (nSPS) is 13.2. The number of carbonyl (C=O) groups excluding carboxylic acids is 1. The van der Waals surface area contributed by atoms with E-state index >= 15 is 0 Å². The number of carbonyl (C=O) groups is 1. The smallest absolute Gasteiger partial charge is 0.318 e. The van der Waals surface area contributed by atoms with Crippen molar-refractivity contribution >= 4 is 16.8 Å². The van der Waals surface area contributed by atoms with Gasteiger partial charge in [0.15, 0.2) is 11.6 Å². The number of fused-ring (bicyclic) bond motifs is 1. The van der Waals surface area contributed by atoms with Crippen LogP contribution in [0.25, 0.3) is 10.8 Å². The van der Waals surface area contributed by atoms with Crippen LogP contribution in [0.1, 0.15) is 37.1 Å². The highest BCUT2D eigenvalue weighted by molar-refractivity contribution is 5.86. The van der Waals surface area contributed by atoms with Gasteiger partial charge in [-0.15, -0.1) is 0 Å². The summed E-state index contributed by atoms with van der Waals surface area (Å²) in [6, 6.07) is 10.8. The topological polar surface area (TPSA) is 65.2 Å². The number of pyridine rings is 1. The van der Waals surface area contributed by atoms with Gasteiger partial charge >= 0.3 is 6.03 Å². The molecule has 0 radical (unpaired) electrons. The molecule has 7 heteroatoms. The molecule has 146 valence electrons. The predicted octanol–water partition coefficient (Wildman–Crippen LogP) is 4.27. The number of halogens is 2. The second-order valence-electron chi connectivity index (χ2n) is 6.73. The Morgan fingerprint density at radius 3 is 2.46 bits per heavy atom. The number of benzene rings is 2. The largest absolute Gasteiger partial charge is 0.331 e. The summed E-state index contributed by atoms with van der Waals surface area (Å²) < 4.78 is 27.7. The summed E-state index contributed by atoms with van der Waals surface area (Å²) in [6.45, 7) is 3.63. The van der Waals surface area contributed by atoms with Gasteiger partial charge in [0.2, 0.25) is 0 Å². The van der Waals surface area contributed by atoms with Crippen molar-refractivity contribution in [2.24, 2.45) is 0 Å². The highest BCUT2D eigenvalue weighted by Gasteiger charge is 2.23. The minimum atomic E-state index is -1.20. The van der Waals surface area contributed by atoms with E-state index in [0.717, 1.165) is 11.6 Å². The van der Waals surface area contributed by atoms with Crippen LogP contribution in [0.4, 0.5) is 13.6 Å². The number of nitrogens with zero attached hydrogens (tertiary/aromatic N) is 1. The fourth-order valence-electron chi connectivity index (χ4n) is 3.15. The quantitative estimate of drug-likeness (QED) is 0.704. The van der Waals surface area contributed by atoms with Gasteiger partial charge in [-0.25, -0.2) is 13.6 Å². The van der Waals surface area contributed by atoms with Crippen molar-refractivity contribution in [3.8, 4) is 0 Å². The number of hydrogen-bond donors (Lipinski definition) is 2. The van der Waals surface area contributed by atoms with Crippen molar-refractivity contribution in [1.29, 1.82) is 0 Å². The average Bonchev–Trinajstić information content (AvgIpc) is 2.70. The standard InChI is InChI=1S/C21H21F2N3O2/c1-12(14-7-5-4-6-8-14)25-21(28)26(3)13(2)16-11-24-20(27)18-15(16)9-10-17(22)19(18)23/h4-13H,1-3H3,(H,24,27)(H,25,28)/t12-,13-/m0/s1. The molecule has 2 N–H and O–H groups in total. The monoisotopic (exact) mass is 385 g/mol. The van der Waals surface area contributed by atoms with Crippen LogP contribution >= 0.6 is 0 Å². The highest BCUT2D eigenvalue weighted by atomic mass is 19.2. The lowest BCUT2D eigenvalue weighted by atomic mass is 10.0. The third-order valence-corrected chi connectivity index (χ3v) is 4.98. The van der Waals surface area contributed by atoms with Crippen molar-refractivity contribution in [3.63, 3.8) is 0 Å². The Hall–Kier alpha value is -3.22. The van der Waals surface area contributed by atoms with E-state index in [9.17, 15) is 18.4 Å². The molecule has 1 aromatic heterocycles. The first-order chi connectivity index (χ1) is 13.3. The molecule has 2 atom stereocenters. The Kier molecular flexibility index (Phi) is 5.44. The first-order valence-corrected chi connectivity index (χ1v) is 8.88. The molecule has 0 aliphatic carbocycles. The summed E-state index contributed by atoms with van der Waals surface area (Å²) >= 11 is 0. The van der Waals surface area contributed by atoms with Crippen LogP contribution in [-0.4, -0.2) is 23.0 Å². The number of hydrogen-bond acceptors (Lipinski definition) is 2.